The normalized spacial score (nSPS) is 14.8. The Bertz CT molecular complexity index is 875. The molecule has 1 aromatic carbocycles. The van der Waals surface area contributed by atoms with E-state index in [1.807, 2.05) is 19.1 Å². The number of amides is 1. The predicted octanol–water partition coefficient (Wildman–Crippen LogP) is 1.69. The first-order valence-electron chi connectivity index (χ1n) is 9.58. The maximum Gasteiger partial charge on any atom is 0.490 e. The van der Waals surface area contributed by atoms with Gasteiger partial charge in [0.1, 0.15) is 0 Å². The van der Waals surface area contributed by atoms with Crippen LogP contribution in [0.25, 0.3) is 0 Å². The smallest absolute Gasteiger partial charge is 0.475 e. The molecule has 176 valence electrons. The Hall–Kier alpha value is -2.18. The third-order valence-corrected chi connectivity index (χ3v) is 6.81. The molecule has 8 nitrogen and oxygen atoms in total. The largest absolute Gasteiger partial charge is 0.490 e. The number of aliphatic carboxylic acids is 1. The second kappa shape index (κ2) is 10.9. The van der Waals surface area contributed by atoms with E-state index in [9.17, 15) is 26.4 Å². The van der Waals surface area contributed by atoms with Gasteiger partial charge in [0.2, 0.25) is 15.9 Å². The minimum atomic E-state index is -5.08. The summed E-state index contributed by atoms with van der Waals surface area (Å²) in [5.74, 6) is -2.89. The zero-order valence-corrected chi connectivity index (χ0v) is 18.7. The molecule has 1 aliphatic rings. The fourth-order valence-corrected chi connectivity index (χ4v) is 5.04. The van der Waals surface area contributed by atoms with E-state index in [0.717, 1.165) is 29.8 Å². The van der Waals surface area contributed by atoms with Crippen molar-refractivity contribution in [1.29, 1.82) is 0 Å². The number of benzene rings is 1. The van der Waals surface area contributed by atoms with Crippen LogP contribution < -0.4 is 5.32 Å². The number of nitrogens with one attached hydrogen (secondary N) is 1. The number of carbonyl (C=O) groups excluding carboxylic acids is 1. The van der Waals surface area contributed by atoms with Crippen molar-refractivity contribution < 1.29 is 36.3 Å². The number of hydrogen-bond donors (Lipinski definition) is 2. The van der Waals surface area contributed by atoms with Gasteiger partial charge in [-0.1, -0.05) is 24.6 Å². The zero-order chi connectivity index (χ0) is 24.0. The molecule has 1 aliphatic heterocycles. The van der Waals surface area contributed by atoms with Gasteiger partial charge in [0, 0.05) is 32.7 Å². The van der Waals surface area contributed by atoms with Gasteiger partial charge in [-0.15, -0.1) is 0 Å². The van der Waals surface area contributed by atoms with Crippen LogP contribution in [0.3, 0.4) is 0 Å². The highest BCUT2D eigenvalue weighted by molar-refractivity contribution is 7.89. The molecular weight excluding hydrogens is 439 g/mol. The molecule has 1 amide bonds. The number of carboxylic acids is 1. The number of rotatable bonds is 5. The summed E-state index contributed by atoms with van der Waals surface area (Å²) < 4.78 is 59.2. The van der Waals surface area contributed by atoms with Crippen molar-refractivity contribution in [3.05, 3.63) is 28.8 Å². The Morgan fingerprint density at radius 1 is 1.13 bits per heavy atom. The highest BCUT2D eigenvalue weighted by Crippen LogP contribution is 2.25. The van der Waals surface area contributed by atoms with Crippen molar-refractivity contribution in [2.75, 3.05) is 39.3 Å². The van der Waals surface area contributed by atoms with Gasteiger partial charge in [-0.25, -0.2) is 13.2 Å². The molecular formula is C19H28F3N3O5S. The molecule has 0 unspecified atom stereocenters. The number of piperazine rings is 1. The van der Waals surface area contributed by atoms with Crippen molar-refractivity contribution in [2.45, 2.75) is 38.8 Å². The molecule has 0 atom stereocenters. The number of nitrogens with zero attached hydrogens (tertiary/aromatic N) is 2. The maximum atomic E-state index is 13.1. The van der Waals surface area contributed by atoms with Crippen LogP contribution in [-0.4, -0.2) is 80.1 Å². The Balaban J connectivity index is 0.000000592. The van der Waals surface area contributed by atoms with Gasteiger partial charge in [0.05, 0.1) is 11.4 Å². The van der Waals surface area contributed by atoms with E-state index in [-0.39, 0.29) is 19.0 Å². The lowest BCUT2D eigenvalue weighted by Crippen LogP contribution is -2.50. The first-order chi connectivity index (χ1) is 14.2. The Kier molecular flexibility index (Phi) is 9.45. The molecule has 0 bridgehead atoms. The number of hydrogen-bond acceptors (Lipinski definition) is 5. The predicted molar refractivity (Wildman–Crippen MR) is 108 cm³/mol. The summed E-state index contributed by atoms with van der Waals surface area (Å²) in [7, 11) is -3.69. The fourth-order valence-electron chi connectivity index (χ4n) is 3.23. The van der Waals surface area contributed by atoms with Crippen molar-refractivity contribution in [2.24, 2.45) is 0 Å². The maximum absolute atomic E-state index is 13.1. The average molecular weight is 468 g/mol. The van der Waals surface area contributed by atoms with Crippen molar-refractivity contribution >= 4 is 21.9 Å². The lowest BCUT2D eigenvalue weighted by molar-refractivity contribution is -0.192. The van der Waals surface area contributed by atoms with Gasteiger partial charge in [0.25, 0.3) is 0 Å². The highest BCUT2D eigenvalue weighted by atomic mass is 32.2. The summed E-state index contributed by atoms with van der Waals surface area (Å²) in [6.07, 6.45) is -5.08. The molecule has 0 radical (unpaired) electrons. The quantitative estimate of drug-likeness (QED) is 0.683. The zero-order valence-electron chi connectivity index (χ0n) is 17.9. The van der Waals surface area contributed by atoms with Gasteiger partial charge in [-0.05, 0) is 31.9 Å². The van der Waals surface area contributed by atoms with Crippen LogP contribution in [-0.2, 0) is 19.6 Å². The summed E-state index contributed by atoms with van der Waals surface area (Å²) in [4.78, 5) is 23.4. The number of likely N-dealkylation sites (N-methyl/N-ethyl adjacent to an activating group) is 1. The van der Waals surface area contributed by atoms with Crippen LogP contribution in [0.15, 0.2) is 17.0 Å². The molecule has 31 heavy (non-hydrogen) atoms. The Morgan fingerprint density at radius 3 is 1.97 bits per heavy atom. The molecule has 12 heteroatoms. The van der Waals surface area contributed by atoms with Crippen LogP contribution in [0, 0.1) is 20.8 Å². The second-order valence-corrected chi connectivity index (χ2v) is 8.97. The molecule has 0 aromatic heterocycles. The van der Waals surface area contributed by atoms with E-state index >= 15 is 0 Å². The third-order valence-electron chi connectivity index (χ3n) is 4.58. The average Bonchev–Trinajstić information content (AvgIpc) is 2.65. The molecule has 0 saturated carbocycles. The highest BCUT2D eigenvalue weighted by Gasteiger charge is 2.38. The summed E-state index contributed by atoms with van der Waals surface area (Å²) in [5, 5.41) is 10.3. The first kappa shape index (κ1) is 26.9. The topological polar surface area (TPSA) is 107 Å². The van der Waals surface area contributed by atoms with Gasteiger partial charge in [-0.2, -0.15) is 17.5 Å². The molecule has 1 fully saturated rings. The molecule has 2 N–H and O–H groups in total. The number of aryl methyl sites for hydroxylation is 3. The van der Waals surface area contributed by atoms with Crippen molar-refractivity contribution in [3.8, 4) is 0 Å². The van der Waals surface area contributed by atoms with Crippen LogP contribution >= 0.6 is 0 Å². The number of carbonyl (C=O) groups is 2. The summed E-state index contributed by atoms with van der Waals surface area (Å²) >= 11 is 0. The van der Waals surface area contributed by atoms with Gasteiger partial charge < -0.3 is 15.3 Å². The summed E-state index contributed by atoms with van der Waals surface area (Å²) in [6.45, 7) is 10.2. The van der Waals surface area contributed by atoms with Crippen LogP contribution in [0.5, 0.6) is 0 Å². The van der Waals surface area contributed by atoms with E-state index in [1.165, 1.54) is 4.31 Å². The molecule has 1 heterocycles. The van der Waals surface area contributed by atoms with Crippen LogP contribution in [0.1, 0.15) is 23.6 Å². The van der Waals surface area contributed by atoms with E-state index in [2.05, 4.69) is 5.32 Å². The summed E-state index contributed by atoms with van der Waals surface area (Å²) in [6, 6.07) is 3.73. The standard InChI is InChI=1S/C17H27N3O3S.C2HF3O2/c1-5-20(12-16(21)19-8-6-18-7-9-19)24(22,23)17-14(3)10-13(2)11-15(17)4;3-2(4,5)1(6)7/h10-11,18H,5-9,12H2,1-4H3;(H,6,7). The van der Waals surface area contributed by atoms with E-state index in [1.54, 1.807) is 25.7 Å². The van der Waals surface area contributed by atoms with E-state index in [4.69, 9.17) is 9.90 Å². The number of halogens is 3. The van der Waals surface area contributed by atoms with Gasteiger partial charge in [-0.3, -0.25) is 4.79 Å². The van der Waals surface area contributed by atoms with Crippen molar-refractivity contribution in [3.63, 3.8) is 0 Å². The monoisotopic (exact) mass is 467 g/mol. The lowest BCUT2D eigenvalue weighted by Gasteiger charge is -2.30. The van der Waals surface area contributed by atoms with E-state index in [0.29, 0.717) is 18.0 Å². The first-order valence-corrected chi connectivity index (χ1v) is 11.0. The summed E-state index contributed by atoms with van der Waals surface area (Å²) in [5.41, 5.74) is 2.48. The lowest BCUT2D eigenvalue weighted by atomic mass is 10.1. The van der Waals surface area contributed by atoms with Crippen molar-refractivity contribution in [1.82, 2.24) is 14.5 Å². The number of sulfonamides is 1. The Labute approximate surface area is 180 Å². The van der Waals surface area contributed by atoms with Crippen LogP contribution in [0.4, 0.5) is 13.2 Å². The third kappa shape index (κ3) is 7.47. The second-order valence-electron chi connectivity index (χ2n) is 7.09. The van der Waals surface area contributed by atoms with Crippen LogP contribution in [0.2, 0.25) is 0 Å². The van der Waals surface area contributed by atoms with Gasteiger partial charge >= 0.3 is 12.1 Å². The minimum Gasteiger partial charge on any atom is -0.475 e. The molecule has 1 aromatic rings. The van der Waals surface area contributed by atoms with E-state index < -0.39 is 22.2 Å². The number of alkyl halides is 3. The molecule has 0 spiro atoms. The number of carboxylic acid groups (broad SMARTS) is 1. The Morgan fingerprint density at radius 2 is 1.58 bits per heavy atom. The van der Waals surface area contributed by atoms with Gasteiger partial charge in [0.15, 0.2) is 0 Å². The molecule has 1 saturated heterocycles. The fraction of sp³-hybridized carbons (Fsp3) is 0.579. The SMILES string of the molecule is CCN(CC(=O)N1CCNCC1)S(=O)(=O)c1c(C)cc(C)cc1C.O=C(O)C(F)(F)F. The molecule has 0 aliphatic carbocycles. The minimum absolute atomic E-state index is 0.106. The molecule has 2 rings (SSSR count).